The largest absolute Gasteiger partial charge is 0.507 e. The van der Waals surface area contributed by atoms with Crippen LogP contribution in [0.3, 0.4) is 0 Å². The molecule has 0 radical (unpaired) electrons. The maximum absolute atomic E-state index is 12.7. The van der Waals surface area contributed by atoms with Crippen molar-refractivity contribution in [2.45, 2.75) is 71.8 Å². The molecule has 0 fully saturated rings. The molecule has 3 rings (SSSR count). The smallest absolute Gasteiger partial charge is 0.240 e. The van der Waals surface area contributed by atoms with Gasteiger partial charge in [-0.1, -0.05) is 89.0 Å². The van der Waals surface area contributed by atoms with Crippen LogP contribution in [-0.2, 0) is 28.7 Å². The highest BCUT2D eigenvalue weighted by Gasteiger charge is 2.26. The van der Waals surface area contributed by atoms with E-state index in [2.05, 4.69) is 52.1 Å². The fraction of sp³-hybridized carbons (Fsp3) is 0.375. The minimum Gasteiger partial charge on any atom is -0.507 e. The highest BCUT2D eigenvalue weighted by Crippen LogP contribution is 2.40. The number of nitrogens with one attached hydrogen (secondary N) is 1. The van der Waals surface area contributed by atoms with Crippen LogP contribution in [0, 0.1) is 0 Å². The fourth-order valence-electron chi connectivity index (χ4n) is 4.20. The first-order chi connectivity index (χ1) is 18.7. The molecule has 2 N–H and O–H groups in total. The van der Waals surface area contributed by atoms with Crippen LogP contribution < -0.4 is 14.9 Å². The average Bonchev–Trinajstić information content (AvgIpc) is 2.87. The number of phenolic OH excluding ortho intramolecular Hbond substituents is 1. The molecule has 40 heavy (non-hydrogen) atoms. The van der Waals surface area contributed by atoms with Crippen LogP contribution in [0.15, 0.2) is 53.6 Å². The second-order valence-corrected chi connectivity index (χ2v) is 12.6. The molecule has 8 heteroatoms. The van der Waals surface area contributed by atoms with Crippen LogP contribution in [0.2, 0.25) is 10.0 Å². The summed E-state index contributed by atoms with van der Waals surface area (Å²) in [6.45, 7) is 12.7. The first-order valence-electron chi connectivity index (χ1n) is 13.1. The maximum atomic E-state index is 12.7. The van der Waals surface area contributed by atoms with Gasteiger partial charge in [0.25, 0.3) is 0 Å². The minimum atomic E-state index is -0.233. The summed E-state index contributed by atoms with van der Waals surface area (Å²) >= 11 is 12.1. The van der Waals surface area contributed by atoms with Gasteiger partial charge < -0.3 is 14.6 Å². The summed E-state index contributed by atoms with van der Waals surface area (Å²) in [5.74, 6) is 1.13. The van der Waals surface area contributed by atoms with Crippen LogP contribution in [0.4, 0.5) is 0 Å². The van der Waals surface area contributed by atoms with Gasteiger partial charge in [0.15, 0.2) is 11.5 Å². The summed E-state index contributed by atoms with van der Waals surface area (Å²) < 4.78 is 11.5. The molecule has 6 nitrogen and oxygen atoms in total. The molecule has 0 spiro atoms. The van der Waals surface area contributed by atoms with E-state index in [0.717, 1.165) is 22.3 Å². The van der Waals surface area contributed by atoms with E-state index >= 15 is 0 Å². The normalized spacial score (nSPS) is 12.0. The minimum absolute atomic E-state index is 0.222. The molecule has 0 heterocycles. The number of ether oxygens (including phenoxy) is 2. The van der Waals surface area contributed by atoms with Gasteiger partial charge in [0.1, 0.15) is 12.4 Å². The zero-order chi connectivity index (χ0) is 29.7. The summed E-state index contributed by atoms with van der Waals surface area (Å²) in [5, 5.41) is 16.0. The lowest BCUT2D eigenvalue weighted by molar-refractivity contribution is -0.121. The van der Waals surface area contributed by atoms with Gasteiger partial charge in [-0.15, -0.1) is 0 Å². The fourth-order valence-corrected chi connectivity index (χ4v) is 4.52. The Hall–Kier alpha value is -3.22. The standard InChI is InChI=1S/C32H38Cl2N2O4/c1-31(2,3)23-15-20(16-24(29(23)38)32(4,5)6)12-14-28(37)36-35-18-22-9-8-10-27(39-7)30(22)40-19-21-11-13-25(33)26(34)17-21/h8-11,13,15-18,38H,12,14,19H2,1-7H3,(H,36,37)/b35-18-. The molecule has 0 aliphatic rings. The predicted molar refractivity (Wildman–Crippen MR) is 163 cm³/mol. The van der Waals surface area contributed by atoms with Crippen LogP contribution in [-0.4, -0.2) is 24.3 Å². The Morgan fingerprint density at radius 1 is 0.950 bits per heavy atom. The van der Waals surface area contributed by atoms with Crippen molar-refractivity contribution >= 4 is 35.3 Å². The van der Waals surface area contributed by atoms with Crippen molar-refractivity contribution < 1.29 is 19.4 Å². The summed E-state index contributed by atoms with van der Waals surface area (Å²) in [4.78, 5) is 12.7. The van der Waals surface area contributed by atoms with Gasteiger partial charge in [0.2, 0.25) is 5.91 Å². The Kier molecular flexibility index (Phi) is 10.1. The molecule has 0 aromatic heterocycles. The molecule has 3 aromatic carbocycles. The number of amides is 1. The van der Waals surface area contributed by atoms with Crippen LogP contribution in [0.25, 0.3) is 0 Å². The van der Waals surface area contributed by atoms with Gasteiger partial charge in [0, 0.05) is 12.0 Å². The van der Waals surface area contributed by atoms with Gasteiger partial charge >= 0.3 is 0 Å². The number of carbonyl (C=O) groups excluding carboxylic acids is 1. The van der Waals surface area contributed by atoms with E-state index in [0.29, 0.717) is 39.3 Å². The monoisotopic (exact) mass is 584 g/mol. The number of methoxy groups -OCH3 is 1. The van der Waals surface area contributed by atoms with E-state index in [1.807, 2.05) is 30.3 Å². The van der Waals surface area contributed by atoms with Crippen molar-refractivity contribution in [3.63, 3.8) is 0 Å². The number of hydrogen-bond donors (Lipinski definition) is 2. The van der Waals surface area contributed by atoms with Gasteiger partial charge in [-0.3, -0.25) is 4.79 Å². The number of hydrazone groups is 1. The number of hydrogen-bond acceptors (Lipinski definition) is 5. The summed E-state index contributed by atoms with van der Waals surface area (Å²) in [5.41, 5.74) is 6.37. The van der Waals surface area contributed by atoms with E-state index < -0.39 is 0 Å². The number of rotatable bonds is 9. The van der Waals surface area contributed by atoms with Gasteiger partial charge in [-0.25, -0.2) is 5.43 Å². The number of aryl methyl sites for hydroxylation is 1. The highest BCUT2D eigenvalue weighted by atomic mass is 35.5. The lowest BCUT2D eigenvalue weighted by Gasteiger charge is -2.28. The van der Waals surface area contributed by atoms with Gasteiger partial charge in [-0.05, 0) is 63.8 Å². The summed E-state index contributed by atoms with van der Waals surface area (Å²) in [6, 6.07) is 14.7. The maximum Gasteiger partial charge on any atom is 0.240 e. The Labute approximate surface area is 247 Å². The lowest BCUT2D eigenvalue weighted by atomic mass is 9.78. The Morgan fingerprint density at radius 3 is 2.17 bits per heavy atom. The topological polar surface area (TPSA) is 80.2 Å². The van der Waals surface area contributed by atoms with Crippen LogP contribution in [0.1, 0.15) is 75.8 Å². The number of phenols is 1. The number of aromatic hydroxyl groups is 1. The first-order valence-corrected chi connectivity index (χ1v) is 13.9. The molecule has 0 atom stereocenters. The third kappa shape index (κ3) is 8.15. The Balaban J connectivity index is 1.70. The Bertz CT molecular complexity index is 1350. The van der Waals surface area contributed by atoms with Crippen molar-refractivity contribution in [3.05, 3.63) is 86.4 Å². The van der Waals surface area contributed by atoms with Crippen molar-refractivity contribution in [2.24, 2.45) is 5.10 Å². The van der Waals surface area contributed by atoms with Crippen LogP contribution >= 0.6 is 23.2 Å². The summed E-state index contributed by atoms with van der Waals surface area (Å²) in [6.07, 6.45) is 2.29. The molecule has 1 amide bonds. The van der Waals surface area contributed by atoms with E-state index in [-0.39, 0.29) is 29.8 Å². The molecule has 0 unspecified atom stereocenters. The number of carbonyl (C=O) groups is 1. The number of para-hydroxylation sites is 1. The molecule has 0 aliphatic carbocycles. The zero-order valence-corrected chi connectivity index (χ0v) is 25.7. The van der Waals surface area contributed by atoms with E-state index in [4.69, 9.17) is 32.7 Å². The average molecular weight is 586 g/mol. The molecular weight excluding hydrogens is 547 g/mol. The Morgan fingerprint density at radius 2 is 1.60 bits per heavy atom. The molecule has 0 saturated carbocycles. The van der Waals surface area contributed by atoms with Crippen molar-refractivity contribution in [1.29, 1.82) is 0 Å². The van der Waals surface area contributed by atoms with Crippen molar-refractivity contribution in [1.82, 2.24) is 5.43 Å². The number of nitrogens with zero attached hydrogens (tertiary/aromatic N) is 1. The molecule has 214 valence electrons. The molecular formula is C32H38Cl2N2O4. The number of halogens is 2. The third-order valence-corrected chi connectivity index (χ3v) is 7.15. The second-order valence-electron chi connectivity index (χ2n) is 11.7. The quantitative estimate of drug-likeness (QED) is 0.197. The third-order valence-electron chi connectivity index (χ3n) is 6.42. The second kappa shape index (κ2) is 13.0. The number of benzene rings is 3. The van der Waals surface area contributed by atoms with Crippen molar-refractivity contribution in [3.8, 4) is 17.2 Å². The van der Waals surface area contributed by atoms with Gasteiger partial charge in [-0.2, -0.15) is 5.10 Å². The molecule has 3 aromatic rings. The van der Waals surface area contributed by atoms with E-state index in [1.54, 1.807) is 25.3 Å². The predicted octanol–water partition coefficient (Wildman–Crippen LogP) is 7.96. The first kappa shape index (κ1) is 31.3. The van der Waals surface area contributed by atoms with E-state index in [1.165, 1.54) is 6.21 Å². The van der Waals surface area contributed by atoms with E-state index in [9.17, 15) is 9.90 Å². The van der Waals surface area contributed by atoms with Crippen molar-refractivity contribution in [2.75, 3.05) is 7.11 Å². The van der Waals surface area contributed by atoms with Crippen LogP contribution in [0.5, 0.6) is 17.2 Å². The lowest BCUT2D eigenvalue weighted by Crippen LogP contribution is -2.20. The highest BCUT2D eigenvalue weighted by molar-refractivity contribution is 6.42. The van der Waals surface area contributed by atoms with Gasteiger partial charge in [0.05, 0.1) is 23.4 Å². The SMILES string of the molecule is COc1cccc(/C=N\NC(=O)CCc2cc(C(C)(C)C)c(O)c(C(C)(C)C)c2)c1OCc1ccc(Cl)c(Cl)c1. The zero-order valence-electron chi connectivity index (χ0n) is 24.2. The molecule has 0 bridgehead atoms. The molecule has 0 aliphatic heterocycles. The summed E-state index contributed by atoms with van der Waals surface area (Å²) in [7, 11) is 1.56. The molecule has 0 saturated heterocycles.